The molecule has 5 nitrogen and oxygen atoms in total. The van der Waals surface area contributed by atoms with Gasteiger partial charge in [-0.1, -0.05) is 13.3 Å². The van der Waals surface area contributed by atoms with Gasteiger partial charge in [0.05, 0.1) is 0 Å². The molecular formula is C17H28N4O. The number of carbonyl (C=O) groups excluding carboxylic acids is 1. The number of hydrogen-bond donors (Lipinski definition) is 2. The van der Waals surface area contributed by atoms with Gasteiger partial charge in [-0.25, -0.2) is 9.97 Å². The zero-order valence-electron chi connectivity index (χ0n) is 14.0. The summed E-state index contributed by atoms with van der Waals surface area (Å²) in [7, 11) is 1.72. The second-order valence-corrected chi connectivity index (χ2v) is 6.25. The number of hydrogen-bond acceptors (Lipinski definition) is 4. The van der Waals surface area contributed by atoms with Crippen molar-refractivity contribution in [3.05, 3.63) is 17.6 Å². The highest BCUT2D eigenvalue weighted by Crippen LogP contribution is 2.29. The SMILES string of the molecule is CCCc1cc(NCC2CCC(C(=O)NC)CC2)nc(C)n1. The maximum absolute atomic E-state index is 11.6. The molecule has 0 bridgehead atoms. The van der Waals surface area contributed by atoms with E-state index in [4.69, 9.17) is 0 Å². The van der Waals surface area contributed by atoms with Crippen molar-refractivity contribution in [2.75, 3.05) is 18.9 Å². The molecule has 122 valence electrons. The molecule has 1 aliphatic rings. The predicted octanol–water partition coefficient (Wildman–Crippen LogP) is 2.70. The minimum absolute atomic E-state index is 0.196. The summed E-state index contributed by atoms with van der Waals surface area (Å²) in [4.78, 5) is 20.6. The molecule has 0 spiro atoms. The maximum Gasteiger partial charge on any atom is 0.222 e. The molecule has 0 radical (unpaired) electrons. The number of carbonyl (C=O) groups is 1. The maximum atomic E-state index is 11.6. The molecule has 0 unspecified atom stereocenters. The van der Waals surface area contributed by atoms with Crippen LogP contribution in [0.25, 0.3) is 0 Å². The molecular weight excluding hydrogens is 276 g/mol. The van der Waals surface area contributed by atoms with Gasteiger partial charge in [-0.05, 0) is 44.9 Å². The van der Waals surface area contributed by atoms with E-state index in [0.717, 1.165) is 62.4 Å². The first-order chi connectivity index (χ1) is 10.6. The Balaban J connectivity index is 1.83. The molecule has 0 saturated heterocycles. The summed E-state index contributed by atoms with van der Waals surface area (Å²) < 4.78 is 0. The lowest BCUT2D eigenvalue weighted by Crippen LogP contribution is -2.32. The highest BCUT2D eigenvalue weighted by atomic mass is 16.1. The highest BCUT2D eigenvalue weighted by molar-refractivity contribution is 5.78. The number of rotatable bonds is 6. The number of nitrogens with zero attached hydrogens (tertiary/aromatic N) is 2. The lowest BCUT2D eigenvalue weighted by molar-refractivity contribution is -0.125. The van der Waals surface area contributed by atoms with Crippen molar-refractivity contribution >= 4 is 11.7 Å². The average Bonchev–Trinajstić information content (AvgIpc) is 2.52. The molecule has 1 aromatic heterocycles. The first kappa shape index (κ1) is 16.7. The Kier molecular flexibility index (Phi) is 6.16. The van der Waals surface area contributed by atoms with Gasteiger partial charge in [0.25, 0.3) is 0 Å². The molecule has 2 rings (SSSR count). The molecule has 2 N–H and O–H groups in total. The summed E-state index contributed by atoms with van der Waals surface area (Å²) in [5, 5.41) is 6.22. The molecule has 0 atom stereocenters. The largest absolute Gasteiger partial charge is 0.370 e. The first-order valence-corrected chi connectivity index (χ1v) is 8.42. The van der Waals surface area contributed by atoms with Crippen molar-refractivity contribution in [1.82, 2.24) is 15.3 Å². The Labute approximate surface area is 133 Å². The smallest absolute Gasteiger partial charge is 0.222 e. The molecule has 1 saturated carbocycles. The standard InChI is InChI=1S/C17H28N4O/c1-4-5-15-10-16(21-12(2)20-15)19-11-13-6-8-14(9-7-13)17(22)18-3/h10,13-14H,4-9,11H2,1-3H3,(H,18,22)(H,19,20,21). The van der Waals surface area contributed by atoms with Crippen LogP contribution < -0.4 is 10.6 Å². The van der Waals surface area contributed by atoms with Crippen LogP contribution >= 0.6 is 0 Å². The van der Waals surface area contributed by atoms with E-state index in [1.165, 1.54) is 0 Å². The van der Waals surface area contributed by atoms with Crippen molar-refractivity contribution in [3.63, 3.8) is 0 Å². The lowest BCUT2D eigenvalue weighted by atomic mass is 9.81. The minimum Gasteiger partial charge on any atom is -0.370 e. The van der Waals surface area contributed by atoms with E-state index in [-0.39, 0.29) is 11.8 Å². The van der Waals surface area contributed by atoms with Crippen LogP contribution in [0.2, 0.25) is 0 Å². The third kappa shape index (κ3) is 4.68. The van der Waals surface area contributed by atoms with E-state index in [2.05, 4.69) is 33.6 Å². The van der Waals surface area contributed by atoms with Crippen molar-refractivity contribution in [3.8, 4) is 0 Å². The second-order valence-electron chi connectivity index (χ2n) is 6.25. The minimum atomic E-state index is 0.196. The molecule has 1 fully saturated rings. The molecule has 1 aliphatic carbocycles. The summed E-state index contributed by atoms with van der Waals surface area (Å²) in [5.74, 6) is 2.80. The topological polar surface area (TPSA) is 66.9 Å². The van der Waals surface area contributed by atoms with Gasteiger partial charge in [-0.2, -0.15) is 0 Å². The van der Waals surface area contributed by atoms with Gasteiger partial charge >= 0.3 is 0 Å². The Morgan fingerprint density at radius 3 is 2.64 bits per heavy atom. The van der Waals surface area contributed by atoms with Gasteiger partial charge in [-0.3, -0.25) is 4.79 Å². The molecule has 1 heterocycles. The summed E-state index contributed by atoms with van der Waals surface area (Å²) in [6.07, 6.45) is 6.30. The Bertz CT molecular complexity index is 495. The Hall–Kier alpha value is -1.65. The summed E-state index contributed by atoms with van der Waals surface area (Å²) in [5.41, 5.74) is 1.11. The van der Waals surface area contributed by atoms with Gasteiger partial charge in [0.15, 0.2) is 0 Å². The summed E-state index contributed by atoms with van der Waals surface area (Å²) in [6, 6.07) is 2.06. The highest BCUT2D eigenvalue weighted by Gasteiger charge is 2.25. The number of aromatic nitrogens is 2. The number of nitrogens with one attached hydrogen (secondary N) is 2. The van der Waals surface area contributed by atoms with Gasteiger partial charge in [0, 0.05) is 31.3 Å². The second kappa shape index (κ2) is 8.11. The molecule has 22 heavy (non-hydrogen) atoms. The number of amides is 1. The van der Waals surface area contributed by atoms with Gasteiger partial charge in [0.1, 0.15) is 11.6 Å². The molecule has 1 amide bonds. The molecule has 5 heteroatoms. The van der Waals surface area contributed by atoms with Crippen molar-refractivity contribution in [1.29, 1.82) is 0 Å². The third-order valence-corrected chi connectivity index (χ3v) is 4.43. The van der Waals surface area contributed by atoms with E-state index < -0.39 is 0 Å². The van der Waals surface area contributed by atoms with Gasteiger partial charge < -0.3 is 10.6 Å². The van der Waals surface area contributed by atoms with Crippen LogP contribution in [0.3, 0.4) is 0 Å². The average molecular weight is 304 g/mol. The Morgan fingerprint density at radius 1 is 1.27 bits per heavy atom. The monoisotopic (exact) mass is 304 g/mol. The van der Waals surface area contributed by atoms with E-state index in [9.17, 15) is 4.79 Å². The van der Waals surface area contributed by atoms with Crippen LogP contribution in [0.5, 0.6) is 0 Å². The fourth-order valence-corrected chi connectivity index (χ4v) is 3.19. The molecule has 0 aromatic carbocycles. The normalized spacial score (nSPS) is 21.4. The van der Waals surface area contributed by atoms with Crippen LogP contribution in [0.15, 0.2) is 6.07 Å². The first-order valence-electron chi connectivity index (χ1n) is 8.42. The summed E-state index contributed by atoms with van der Waals surface area (Å²) in [6.45, 7) is 5.04. The lowest BCUT2D eigenvalue weighted by Gasteiger charge is -2.27. The summed E-state index contributed by atoms with van der Waals surface area (Å²) >= 11 is 0. The van der Waals surface area contributed by atoms with E-state index >= 15 is 0 Å². The van der Waals surface area contributed by atoms with Gasteiger partial charge in [-0.15, -0.1) is 0 Å². The van der Waals surface area contributed by atoms with E-state index in [0.29, 0.717) is 5.92 Å². The molecule has 1 aromatic rings. The van der Waals surface area contributed by atoms with Gasteiger partial charge in [0.2, 0.25) is 5.91 Å². The molecule has 0 aliphatic heterocycles. The van der Waals surface area contributed by atoms with Crippen LogP contribution in [-0.4, -0.2) is 29.5 Å². The van der Waals surface area contributed by atoms with Crippen molar-refractivity contribution in [2.24, 2.45) is 11.8 Å². The zero-order chi connectivity index (χ0) is 15.9. The van der Waals surface area contributed by atoms with E-state index in [1.54, 1.807) is 7.05 Å². The van der Waals surface area contributed by atoms with Crippen molar-refractivity contribution < 1.29 is 4.79 Å². The van der Waals surface area contributed by atoms with Crippen molar-refractivity contribution in [2.45, 2.75) is 52.4 Å². The van der Waals surface area contributed by atoms with Crippen LogP contribution in [0, 0.1) is 18.8 Å². The predicted molar refractivity (Wildman–Crippen MR) is 88.8 cm³/mol. The fraction of sp³-hybridized carbons (Fsp3) is 0.706. The fourth-order valence-electron chi connectivity index (χ4n) is 3.19. The number of aryl methyl sites for hydroxylation is 2. The zero-order valence-corrected chi connectivity index (χ0v) is 14.0. The van der Waals surface area contributed by atoms with Crippen LogP contribution in [0.1, 0.15) is 50.5 Å². The van der Waals surface area contributed by atoms with Crippen LogP contribution in [0.4, 0.5) is 5.82 Å². The Morgan fingerprint density at radius 2 is 2.00 bits per heavy atom. The quantitative estimate of drug-likeness (QED) is 0.848. The number of anilines is 1. The van der Waals surface area contributed by atoms with Crippen LogP contribution in [-0.2, 0) is 11.2 Å². The van der Waals surface area contributed by atoms with E-state index in [1.807, 2.05) is 6.92 Å². The third-order valence-electron chi connectivity index (χ3n) is 4.43.